The lowest BCUT2D eigenvalue weighted by molar-refractivity contribution is 0.102. The number of carbonyl (C=O) groups excluding carboxylic acids is 1. The number of amides is 1. The Bertz CT molecular complexity index is 1220. The van der Waals surface area contributed by atoms with Crippen LogP contribution in [0.1, 0.15) is 27.4 Å². The van der Waals surface area contributed by atoms with Gasteiger partial charge >= 0.3 is 0 Å². The third-order valence-corrected chi connectivity index (χ3v) is 4.51. The zero-order chi connectivity index (χ0) is 20.4. The van der Waals surface area contributed by atoms with Gasteiger partial charge in [-0.3, -0.25) is 19.1 Å². The lowest BCUT2D eigenvalue weighted by Gasteiger charge is -2.12. The average molecular weight is 389 g/mol. The topological polar surface area (TPSA) is 95.0 Å². The highest BCUT2D eigenvalue weighted by atomic mass is 16.3. The predicted octanol–water partition coefficient (Wildman–Crippen LogP) is 2.94. The van der Waals surface area contributed by atoms with Crippen molar-refractivity contribution in [2.75, 3.05) is 5.32 Å². The summed E-state index contributed by atoms with van der Waals surface area (Å²) in [5, 5.41) is 7.01. The molecule has 29 heavy (non-hydrogen) atoms. The lowest BCUT2D eigenvalue weighted by atomic mass is 10.1. The molecule has 0 saturated carbocycles. The second kappa shape index (κ2) is 7.59. The van der Waals surface area contributed by atoms with E-state index in [0.717, 1.165) is 11.5 Å². The number of rotatable bonds is 5. The number of furan rings is 1. The highest BCUT2D eigenvalue weighted by Crippen LogP contribution is 2.14. The molecule has 1 N–H and O–H groups in total. The van der Waals surface area contributed by atoms with Gasteiger partial charge in [0.15, 0.2) is 0 Å². The van der Waals surface area contributed by atoms with Crippen LogP contribution in [0.25, 0.3) is 5.69 Å². The zero-order valence-electron chi connectivity index (χ0n) is 16.0. The van der Waals surface area contributed by atoms with E-state index in [2.05, 4.69) is 15.4 Å². The van der Waals surface area contributed by atoms with Gasteiger partial charge in [0, 0.05) is 18.5 Å². The molecular weight excluding hydrogens is 370 g/mol. The van der Waals surface area contributed by atoms with Crippen molar-refractivity contribution in [3.05, 3.63) is 94.2 Å². The number of hydrogen-bond acceptors (Lipinski definition) is 5. The van der Waals surface area contributed by atoms with Gasteiger partial charge in [0.1, 0.15) is 29.4 Å². The summed E-state index contributed by atoms with van der Waals surface area (Å²) in [5.74, 6) is 1.49. The number of pyridine rings is 2. The van der Waals surface area contributed by atoms with E-state index in [0.29, 0.717) is 23.6 Å². The first kappa shape index (κ1) is 18.4. The number of nitrogens with zero attached hydrogens (tertiary/aromatic N) is 4. The van der Waals surface area contributed by atoms with Gasteiger partial charge in [0.25, 0.3) is 11.5 Å². The number of anilines is 1. The fourth-order valence-electron chi connectivity index (χ4n) is 3.06. The van der Waals surface area contributed by atoms with Crippen LogP contribution < -0.4 is 10.9 Å². The minimum Gasteiger partial charge on any atom is -0.464 e. The summed E-state index contributed by atoms with van der Waals surface area (Å²) in [5.41, 5.74) is 0.825. The first-order valence-electron chi connectivity index (χ1n) is 9.04. The maximum Gasteiger partial charge on any atom is 0.268 e. The molecule has 0 unspecified atom stereocenters. The molecule has 4 aromatic heterocycles. The van der Waals surface area contributed by atoms with Gasteiger partial charge in [0.05, 0.1) is 18.1 Å². The Balaban J connectivity index is 1.63. The van der Waals surface area contributed by atoms with Crippen molar-refractivity contribution in [3.8, 4) is 5.69 Å². The van der Waals surface area contributed by atoms with Gasteiger partial charge in [-0.05, 0) is 49.7 Å². The number of aromatic nitrogens is 4. The second-order valence-corrected chi connectivity index (χ2v) is 6.60. The van der Waals surface area contributed by atoms with E-state index in [4.69, 9.17) is 4.42 Å². The van der Waals surface area contributed by atoms with Crippen molar-refractivity contribution < 1.29 is 9.21 Å². The average Bonchev–Trinajstić information content (AvgIpc) is 3.31. The third kappa shape index (κ3) is 3.73. The fraction of sp³-hybridized carbons (Fsp3) is 0.143. The molecule has 0 atom stereocenters. The normalized spacial score (nSPS) is 10.8. The molecule has 4 rings (SSSR count). The van der Waals surface area contributed by atoms with Crippen molar-refractivity contribution >= 4 is 11.7 Å². The molecule has 0 aromatic carbocycles. The van der Waals surface area contributed by atoms with E-state index in [9.17, 15) is 9.59 Å². The molecule has 1 amide bonds. The number of carbonyl (C=O) groups is 1. The molecule has 0 bridgehead atoms. The van der Waals surface area contributed by atoms with Crippen LogP contribution in [0, 0.1) is 13.8 Å². The van der Waals surface area contributed by atoms with Crippen LogP contribution in [0.4, 0.5) is 5.82 Å². The number of nitrogens with one attached hydrogen (secondary N) is 1. The van der Waals surface area contributed by atoms with Gasteiger partial charge in [0.2, 0.25) is 0 Å². The standard InChI is InChI=1S/C21H19N5O3/c1-14-8-11-25(16-4-3-9-22-12-16)21(28)19(14)20(27)24-18-7-10-23-26(18)13-17-6-5-15(2)29-17/h3-12H,13H2,1-2H3,(H,24,27). The molecule has 0 aliphatic heterocycles. The molecular formula is C21H19N5O3. The van der Waals surface area contributed by atoms with Gasteiger partial charge < -0.3 is 9.73 Å². The van der Waals surface area contributed by atoms with E-state index >= 15 is 0 Å². The van der Waals surface area contributed by atoms with Crippen LogP contribution in [0.5, 0.6) is 0 Å². The van der Waals surface area contributed by atoms with Gasteiger partial charge in [-0.25, -0.2) is 4.68 Å². The highest BCUT2D eigenvalue weighted by Gasteiger charge is 2.18. The Kier molecular flexibility index (Phi) is 4.82. The molecule has 4 aromatic rings. The summed E-state index contributed by atoms with van der Waals surface area (Å²) >= 11 is 0. The number of hydrogen-bond donors (Lipinski definition) is 1. The van der Waals surface area contributed by atoms with E-state index < -0.39 is 11.5 Å². The molecule has 0 radical (unpaired) electrons. The molecule has 0 spiro atoms. The molecule has 0 aliphatic rings. The summed E-state index contributed by atoms with van der Waals surface area (Å²) in [6, 6.07) is 10.6. The van der Waals surface area contributed by atoms with E-state index in [1.807, 2.05) is 19.1 Å². The molecule has 4 heterocycles. The Morgan fingerprint density at radius 2 is 2.00 bits per heavy atom. The maximum absolute atomic E-state index is 13.0. The summed E-state index contributed by atoms with van der Waals surface area (Å²) in [7, 11) is 0. The first-order chi connectivity index (χ1) is 14.0. The summed E-state index contributed by atoms with van der Waals surface area (Å²) in [6.07, 6.45) is 6.41. The molecule has 0 fully saturated rings. The van der Waals surface area contributed by atoms with Crippen molar-refractivity contribution in [2.45, 2.75) is 20.4 Å². The zero-order valence-corrected chi connectivity index (χ0v) is 16.0. The van der Waals surface area contributed by atoms with Gasteiger partial charge in [-0.1, -0.05) is 0 Å². The molecule has 8 heteroatoms. The largest absolute Gasteiger partial charge is 0.464 e. The van der Waals surface area contributed by atoms with E-state index in [1.54, 1.807) is 60.7 Å². The lowest BCUT2D eigenvalue weighted by Crippen LogP contribution is -2.30. The van der Waals surface area contributed by atoms with E-state index in [-0.39, 0.29) is 5.56 Å². The van der Waals surface area contributed by atoms with Crippen LogP contribution in [0.3, 0.4) is 0 Å². The molecule has 0 saturated heterocycles. The van der Waals surface area contributed by atoms with Crippen LogP contribution in [0.15, 0.2) is 70.4 Å². The number of aryl methyl sites for hydroxylation is 2. The van der Waals surface area contributed by atoms with Crippen LogP contribution in [-0.4, -0.2) is 25.2 Å². The quantitative estimate of drug-likeness (QED) is 0.566. The Labute approximate surface area is 166 Å². The monoisotopic (exact) mass is 389 g/mol. The van der Waals surface area contributed by atoms with E-state index in [1.165, 1.54) is 4.57 Å². The molecule has 0 aliphatic carbocycles. The van der Waals surface area contributed by atoms with Crippen molar-refractivity contribution in [3.63, 3.8) is 0 Å². The first-order valence-corrected chi connectivity index (χ1v) is 9.04. The third-order valence-electron chi connectivity index (χ3n) is 4.51. The summed E-state index contributed by atoms with van der Waals surface area (Å²) < 4.78 is 8.58. The predicted molar refractivity (Wildman–Crippen MR) is 107 cm³/mol. The highest BCUT2D eigenvalue weighted by molar-refractivity contribution is 6.04. The van der Waals surface area contributed by atoms with Crippen molar-refractivity contribution in [2.24, 2.45) is 0 Å². The van der Waals surface area contributed by atoms with Crippen LogP contribution in [0.2, 0.25) is 0 Å². The smallest absolute Gasteiger partial charge is 0.268 e. The SMILES string of the molecule is Cc1ccc(Cn2nccc2NC(=O)c2c(C)ccn(-c3cccnc3)c2=O)o1. The minimum atomic E-state index is -0.497. The summed E-state index contributed by atoms with van der Waals surface area (Å²) in [4.78, 5) is 29.9. The Hall–Kier alpha value is -3.94. The van der Waals surface area contributed by atoms with Crippen molar-refractivity contribution in [1.82, 2.24) is 19.3 Å². The van der Waals surface area contributed by atoms with Gasteiger partial charge in [-0.2, -0.15) is 5.10 Å². The van der Waals surface area contributed by atoms with Crippen LogP contribution in [-0.2, 0) is 6.54 Å². The van der Waals surface area contributed by atoms with Crippen LogP contribution >= 0.6 is 0 Å². The molecule has 146 valence electrons. The maximum atomic E-state index is 13.0. The van der Waals surface area contributed by atoms with Crippen molar-refractivity contribution in [1.29, 1.82) is 0 Å². The second-order valence-electron chi connectivity index (χ2n) is 6.60. The Morgan fingerprint density at radius 1 is 1.14 bits per heavy atom. The van der Waals surface area contributed by atoms with Gasteiger partial charge in [-0.15, -0.1) is 0 Å². The summed E-state index contributed by atoms with van der Waals surface area (Å²) in [6.45, 7) is 3.96. The fourth-order valence-corrected chi connectivity index (χ4v) is 3.06. The minimum absolute atomic E-state index is 0.0675. The Morgan fingerprint density at radius 3 is 2.72 bits per heavy atom. The molecule has 8 nitrogen and oxygen atoms in total.